The van der Waals surface area contributed by atoms with Gasteiger partial charge >= 0.3 is 23.9 Å². The van der Waals surface area contributed by atoms with Crippen LogP contribution in [0.25, 0.3) is 0 Å². The lowest BCUT2D eigenvalue weighted by molar-refractivity contribution is -0.165. The van der Waals surface area contributed by atoms with Crippen LogP contribution in [0.15, 0.2) is 24.3 Å². The number of carbonyl (C=O) groups is 4. The molecule has 10 nitrogen and oxygen atoms in total. The molecule has 0 aliphatic heterocycles. The Morgan fingerprint density at radius 2 is 1.31 bits per heavy atom. The summed E-state index contributed by atoms with van der Waals surface area (Å²) in [7, 11) is -1.12. The molecule has 1 atom stereocenters. The van der Waals surface area contributed by atoms with E-state index in [1.54, 1.807) is 0 Å². The molecule has 0 saturated heterocycles. The predicted molar refractivity (Wildman–Crippen MR) is 131 cm³/mol. The van der Waals surface area contributed by atoms with Gasteiger partial charge in [-0.3, -0.25) is 9.59 Å². The molecule has 0 aromatic rings. The summed E-state index contributed by atoms with van der Waals surface area (Å²) < 4.78 is 25.4. The molecular formula is C24H40O10Si. The van der Waals surface area contributed by atoms with E-state index < -0.39 is 44.2 Å². The van der Waals surface area contributed by atoms with Crippen LogP contribution in [0.2, 0.25) is 25.7 Å². The van der Waals surface area contributed by atoms with Gasteiger partial charge in [-0.15, -0.1) is 0 Å². The lowest BCUT2D eigenvalue weighted by Gasteiger charge is -2.18. The number of esters is 4. The van der Waals surface area contributed by atoms with Crippen LogP contribution < -0.4 is 0 Å². The Hall–Kier alpha value is -2.50. The van der Waals surface area contributed by atoms with E-state index in [-0.39, 0.29) is 50.4 Å². The fraction of sp³-hybridized carbons (Fsp3) is 0.667. The molecule has 0 aromatic carbocycles. The Balaban J connectivity index is 4.36. The first-order valence-corrected chi connectivity index (χ1v) is 15.2. The van der Waals surface area contributed by atoms with Crippen LogP contribution in [0.4, 0.5) is 0 Å². The first-order valence-electron chi connectivity index (χ1n) is 11.5. The lowest BCUT2D eigenvalue weighted by atomic mass is 10.3. The van der Waals surface area contributed by atoms with Crippen LogP contribution in [-0.2, 0) is 42.9 Å². The number of aliphatic hydroxyl groups is 1. The summed E-state index contributed by atoms with van der Waals surface area (Å²) in [6, 6.07) is 1.13. The second-order valence-corrected chi connectivity index (χ2v) is 15.1. The van der Waals surface area contributed by atoms with Crippen molar-refractivity contribution in [2.24, 2.45) is 0 Å². The molecule has 0 fully saturated rings. The second-order valence-electron chi connectivity index (χ2n) is 9.45. The Bertz CT molecular complexity index is 711. The number of ether oxygens (including phenoxy) is 5. The smallest absolute Gasteiger partial charge is 0.333 e. The molecule has 0 aromatic heterocycles. The fourth-order valence-electron chi connectivity index (χ4n) is 2.38. The van der Waals surface area contributed by atoms with E-state index >= 15 is 0 Å². The number of aliphatic hydroxyl groups excluding tert-OH is 1. The average Bonchev–Trinajstić information content (AvgIpc) is 2.76. The van der Waals surface area contributed by atoms with E-state index in [4.69, 9.17) is 23.7 Å². The van der Waals surface area contributed by atoms with Gasteiger partial charge < -0.3 is 28.8 Å². The lowest BCUT2D eigenvalue weighted by Crippen LogP contribution is -2.31. The van der Waals surface area contributed by atoms with Crippen molar-refractivity contribution in [3.8, 4) is 0 Å². The Morgan fingerprint density at radius 1 is 0.800 bits per heavy atom. The number of hydrogen-bond acceptors (Lipinski definition) is 10. The van der Waals surface area contributed by atoms with Gasteiger partial charge in [0.15, 0.2) is 6.10 Å². The minimum atomic E-state index is -1.12. The largest absolute Gasteiger partial charge is 0.463 e. The zero-order valence-corrected chi connectivity index (χ0v) is 22.6. The highest BCUT2D eigenvalue weighted by Crippen LogP contribution is 2.11. The van der Waals surface area contributed by atoms with Gasteiger partial charge in [-0.05, 0) is 20.3 Å². The Labute approximate surface area is 208 Å². The molecule has 0 heterocycles. The van der Waals surface area contributed by atoms with Crippen molar-refractivity contribution in [1.82, 2.24) is 0 Å². The van der Waals surface area contributed by atoms with Gasteiger partial charge in [0, 0.05) is 25.8 Å². The number of hydrogen-bond donors (Lipinski definition) is 1. The molecule has 11 heteroatoms. The monoisotopic (exact) mass is 516 g/mol. The van der Waals surface area contributed by atoms with Crippen LogP contribution in [-0.4, -0.2) is 82.3 Å². The van der Waals surface area contributed by atoms with E-state index in [1.165, 1.54) is 13.8 Å². The van der Waals surface area contributed by atoms with Crippen molar-refractivity contribution in [1.29, 1.82) is 0 Å². The number of carbonyl (C=O) groups excluding carboxylic acids is 4. The first-order chi connectivity index (χ1) is 16.2. The third-order valence-electron chi connectivity index (χ3n) is 4.29. The average molecular weight is 517 g/mol. The molecule has 0 bridgehead atoms. The molecule has 1 unspecified atom stereocenters. The molecular weight excluding hydrogens is 476 g/mol. The van der Waals surface area contributed by atoms with Crippen LogP contribution in [0.1, 0.15) is 33.1 Å². The van der Waals surface area contributed by atoms with Gasteiger partial charge in [-0.1, -0.05) is 38.8 Å². The van der Waals surface area contributed by atoms with Gasteiger partial charge in [-0.25, -0.2) is 9.59 Å². The van der Waals surface area contributed by atoms with Crippen molar-refractivity contribution in [2.75, 3.05) is 33.0 Å². The van der Waals surface area contributed by atoms with Crippen molar-refractivity contribution >= 4 is 32.0 Å². The van der Waals surface area contributed by atoms with Crippen molar-refractivity contribution < 1.29 is 48.0 Å². The highest BCUT2D eigenvalue weighted by molar-refractivity contribution is 6.76. The summed E-state index contributed by atoms with van der Waals surface area (Å²) in [6.45, 7) is 16.2. The van der Waals surface area contributed by atoms with Gasteiger partial charge in [0.2, 0.25) is 0 Å². The minimum absolute atomic E-state index is 0.0501. The summed E-state index contributed by atoms with van der Waals surface area (Å²) in [5.74, 6) is -2.87. The third kappa shape index (κ3) is 18.5. The molecule has 0 aliphatic carbocycles. The van der Waals surface area contributed by atoms with Gasteiger partial charge in [0.05, 0.1) is 19.4 Å². The van der Waals surface area contributed by atoms with Crippen LogP contribution in [0.3, 0.4) is 0 Å². The highest BCUT2D eigenvalue weighted by Gasteiger charge is 2.21. The van der Waals surface area contributed by atoms with Crippen LogP contribution in [0, 0.1) is 0 Å². The number of rotatable bonds is 18. The summed E-state index contributed by atoms with van der Waals surface area (Å²) in [4.78, 5) is 47.2. The third-order valence-corrected chi connectivity index (χ3v) is 6.14. The van der Waals surface area contributed by atoms with E-state index in [0.717, 1.165) is 12.5 Å². The zero-order valence-electron chi connectivity index (χ0n) is 21.6. The maximum atomic E-state index is 12.1. The molecule has 0 saturated carbocycles. The maximum Gasteiger partial charge on any atom is 0.333 e. The summed E-state index contributed by atoms with van der Waals surface area (Å²) in [6.07, 6.45) is -1.73. The molecule has 0 aliphatic rings. The Morgan fingerprint density at radius 3 is 1.80 bits per heavy atom. The molecule has 200 valence electrons. The summed E-state index contributed by atoms with van der Waals surface area (Å²) in [5, 5.41) is 9.86. The molecule has 0 spiro atoms. The normalized spacial score (nSPS) is 12.0. The highest BCUT2D eigenvalue weighted by atomic mass is 28.3. The quantitative estimate of drug-likeness (QED) is 0.0952. The molecule has 0 radical (unpaired) electrons. The van der Waals surface area contributed by atoms with Gasteiger partial charge in [0.1, 0.15) is 25.9 Å². The van der Waals surface area contributed by atoms with Crippen LogP contribution in [0.5, 0.6) is 0 Å². The fourth-order valence-corrected chi connectivity index (χ4v) is 3.59. The van der Waals surface area contributed by atoms with Gasteiger partial charge in [0.25, 0.3) is 0 Å². The molecule has 35 heavy (non-hydrogen) atoms. The SMILES string of the molecule is C=C(C)C(=O)OCC(COC(=O)C(=C)C)OC(=O)CCC(=O)OCC(O)COCCC[Si](C)(C)C. The Kier molecular flexibility index (Phi) is 15.8. The molecule has 0 amide bonds. The predicted octanol–water partition coefficient (Wildman–Crippen LogP) is 2.57. The van der Waals surface area contributed by atoms with Crippen molar-refractivity contribution in [3.63, 3.8) is 0 Å². The zero-order chi connectivity index (χ0) is 27.0. The standard InChI is InChI=1S/C24H40O10Si/c1-17(2)23(28)32-15-20(16-33-24(29)18(3)4)34-22(27)10-9-21(26)31-14-19(25)13-30-11-8-12-35(5,6)7/h19-20,25H,1,3,8-16H2,2,4-7H3. The van der Waals surface area contributed by atoms with E-state index in [0.29, 0.717) is 6.61 Å². The van der Waals surface area contributed by atoms with Crippen molar-refractivity contribution in [3.05, 3.63) is 24.3 Å². The topological polar surface area (TPSA) is 135 Å². The van der Waals surface area contributed by atoms with Crippen LogP contribution >= 0.6 is 0 Å². The molecule has 0 rings (SSSR count). The first kappa shape index (κ1) is 32.5. The van der Waals surface area contributed by atoms with E-state index in [2.05, 4.69) is 32.8 Å². The van der Waals surface area contributed by atoms with E-state index in [9.17, 15) is 24.3 Å². The summed E-state index contributed by atoms with van der Waals surface area (Å²) >= 11 is 0. The second kappa shape index (κ2) is 17.0. The minimum Gasteiger partial charge on any atom is -0.463 e. The van der Waals surface area contributed by atoms with E-state index in [1.807, 2.05) is 0 Å². The summed E-state index contributed by atoms with van der Waals surface area (Å²) in [5.41, 5.74) is 0.298. The maximum absolute atomic E-state index is 12.1. The van der Waals surface area contributed by atoms with Crippen molar-refractivity contribution in [2.45, 2.75) is 71.0 Å². The van der Waals surface area contributed by atoms with Gasteiger partial charge in [-0.2, -0.15) is 0 Å². The molecule has 1 N–H and O–H groups in total.